The summed E-state index contributed by atoms with van der Waals surface area (Å²) in [5, 5.41) is 3.41. The molecule has 1 heteroatoms. The van der Waals surface area contributed by atoms with Crippen molar-refractivity contribution in [3.8, 4) is 0 Å². The van der Waals surface area contributed by atoms with Crippen molar-refractivity contribution in [2.24, 2.45) is 5.41 Å². The van der Waals surface area contributed by atoms with Crippen molar-refractivity contribution in [2.75, 3.05) is 13.1 Å². The third-order valence-electron chi connectivity index (χ3n) is 2.65. The molecule has 11 heavy (non-hydrogen) atoms. The fourth-order valence-electron chi connectivity index (χ4n) is 1.76. The molecule has 1 unspecified atom stereocenters. The fraction of sp³-hybridized carbons (Fsp3) is 0.800. The Morgan fingerprint density at radius 2 is 2.45 bits per heavy atom. The molecule has 1 aliphatic heterocycles. The van der Waals surface area contributed by atoms with Crippen LogP contribution in [0.15, 0.2) is 12.7 Å². The first-order valence-electron chi connectivity index (χ1n) is 4.58. The van der Waals surface area contributed by atoms with Crippen LogP contribution >= 0.6 is 0 Å². The van der Waals surface area contributed by atoms with Gasteiger partial charge in [-0.2, -0.15) is 0 Å². The van der Waals surface area contributed by atoms with Gasteiger partial charge in [-0.15, -0.1) is 6.58 Å². The van der Waals surface area contributed by atoms with Gasteiger partial charge in [0, 0.05) is 6.54 Å². The van der Waals surface area contributed by atoms with Gasteiger partial charge in [0.2, 0.25) is 0 Å². The summed E-state index contributed by atoms with van der Waals surface area (Å²) in [6, 6.07) is 0. The minimum absolute atomic E-state index is 0.586. The predicted molar refractivity (Wildman–Crippen MR) is 49.6 cm³/mol. The van der Waals surface area contributed by atoms with E-state index in [0.29, 0.717) is 5.41 Å². The largest absolute Gasteiger partial charge is 0.316 e. The number of hydrogen-bond acceptors (Lipinski definition) is 1. The average molecular weight is 153 g/mol. The summed E-state index contributed by atoms with van der Waals surface area (Å²) in [6.45, 7) is 8.54. The Bertz CT molecular complexity index is 123. The zero-order chi connectivity index (χ0) is 8.16. The molecule has 0 saturated carbocycles. The van der Waals surface area contributed by atoms with Crippen molar-refractivity contribution in [1.82, 2.24) is 5.32 Å². The van der Waals surface area contributed by atoms with Gasteiger partial charge in [0.1, 0.15) is 0 Å². The van der Waals surface area contributed by atoms with Gasteiger partial charge in [-0.3, -0.25) is 0 Å². The highest BCUT2D eigenvalue weighted by molar-refractivity contribution is 4.84. The zero-order valence-electron chi connectivity index (χ0n) is 7.53. The Labute approximate surface area is 69.9 Å². The Morgan fingerprint density at radius 3 is 3.00 bits per heavy atom. The van der Waals surface area contributed by atoms with Gasteiger partial charge in [0.15, 0.2) is 0 Å². The van der Waals surface area contributed by atoms with E-state index >= 15 is 0 Å². The summed E-state index contributed by atoms with van der Waals surface area (Å²) >= 11 is 0. The minimum atomic E-state index is 0.586. The van der Waals surface area contributed by atoms with Crippen LogP contribution in [0.5, 0.6) is 0 Å². The first-order valence-corrected chi connectivity index (χ1v) is 4.58. The van der Waals surface area contributed by atoms with Gasteiger partial charge < -0.3 is 5.32 Å². The fourth-order valence-corrected chi connectivity index (χ4v) is 1.76. The van der Waals surface area contributed by atoms with Gasteiger partial charge in [-0.25, -0.2) is 0 Å². The predicted octanol–water partition coefficient (Wildman–Crippen LogP) is 2.34. The summed E-state index contributed by atoms with van der Waals surface area (Å²) in [7, 11) is 0. The standard InChI is InChI=1S/C10H19N/c1-3-4-5-6-10(2)7-8-11-9-10/h3,11H,1,4-9H2,2H3. The molecule has 0 amide bonds. The third kappa shape index (κ3) is 2.66. The van der Waals surface area contributed by atoms with Crippen LogP contribution in [0.3, 0.4) is 0 Å². The SMILES string of the molecule is C=CCCCC1(C)CCNC1. The topological polar surface area (TPSA) is 12.0 Å². The van der Waals surface area contributed by atoms with Crippen LogP contribution in [0.4, 0.5) is 0 Å². The number of nitrogens with one attached hydrogen (secondary N) is 1. The quantitative estimate of drug-likeness (QED) is 0.483. The molecular formula is C10H19N. The molecule has 0 aromatic carbocycles. The molecule has 0 radical (unpaired) electrons. The van der Waals surface area contributed by atoms with E-state index in [1.807, 2.05) is 6.08 Å². The summed E-state index contributed by atoms with van der Waals surface area (Å²) in [5.41, 5.74) is 0.586. The Balaban J connectivity index is 2.17. The summed E-state index contributed by atoms with van der Waals surface area (Å²) in [5.74, 6) is 0. The normalized spacial score (nSPS) is 30.6. The first kappa shape index (κ1) is 8.79. The van der Waals surface area contributed by atoms with Crippen LogP contribution in [-0.4, -0.2) is 13.1 Å². The molecule has 64 valence electrons. The van der Waals surface area contributed by atoms with E-state index in [9.17, 15) is 0 Å². The van der Waals surface area contributed by atoms with Crippen molar-refractivity contribution in [1.29, 1.82) is 0 Å². The van der Waals surface area contributed by atoms with Crippen LogP contribution < -0.4 is 5.32 Å². The van der Waals surface area contributed by atoms with Crippen molar-refractivity contribution in [2.45, 2.75) is 32.6 Å². The lowest BCUT2D eigenvalue weighted by Crippen LogP contribution is -2.19. The minimum Gasteiger partial charge on any atom is -0.316 e. The maximum Gasteiger partial charge on any atom is 0.000564 e. The summed E-state index contributed by atoms with van der Waals surface area (Å²) in [4.78, 5) is 0. The first-order chi connectivity index (χ1) is 5.27. The van der Waals surface area contributed by atoms with Gasteiger partial charge in [-0.1, -0.05) is 13.0 Å². The molecule has 1 aliphatic rings. The molecule has 0 aliphatic carbocycles. The van der Waals surface area contributed by atoms with E-state index in [2.05, 4.69) is 18.8 Å². The van der Waals surface area contributed by atoms with Crippen LogP contribution in [0, 0.1) is 5.41 Å². The molecule has 1 rings (SSSR count). The average Bonchev–Trinajstić information content (AvgIpc) is 2.38. The number of unbranched alkanes of at least 4 members (excludes halogenated alkanes) is 1. The highest BCUT2D eigenvalue weighted by Crippen LogP contribution is 2.30. The number of rotatable bonds is 4. The molecular weight excluding hydrogens is 134 g/mol. The Kier molecular flexibility index (Phi) is 3.13. The molecule has 1 atom stereocenters. The molecule has 0 bridgehead atoms. The van der Waals surface area contributed by atoms with Crippen molar-refractivity contribution < 1.29 is 0 Å². The number of hydrogen-bond donors (Lipinski definition) is 1. The van der Waals surface area contributed by atoms with E-state index in [-0.39, 0.29) is 0 Å². The molecule has 0 spiro atoms. The lowest BCUT2D eigenvalue weighted by atomic mass is 9.84. The van der Waals surface area contributed by atoms with E-state index in [4.69, 9.17) is 0 Å². The lowest BCUT2D eigenvalue weighted by Gasteiger charge is -2.21. The molecule has 0 aromatic heterocycles. The molecule has 1 saturated heterocycles. The van der Waals surface area contributed by atoms with Gasteiger partial charge >= 0.3 is 0 Å². The van der Waals surface area contributed by atoms with Crippen molar-refractivity contribution in [3.63, 3.8) is 0 Å². The van der Waals surface area contributed by atoms with E-state index in [0.717, 1.165) is 0 Å². The van der Waals surface area contributed by atoms with Crippen LogP contribution in [0.2, 0.25) is 0 Å². The lowest BCUT2D eigenvalue weighted by molar-refractivity contribution is 0.326. The van der Waals surface area contributed by atoms with Gasteiger partial charge in [-0.05, 0) is 37.6 Å². The molecule has 1 nitrogen and oxygen atoms in total. The molecule has 1 N–H and O–H groups in total. The van der Waals surface area contributed by atoms with Gasteiger partial charge in [0.25, 0.3) is 0 Å². The van der Waals surface area contributed by atoms with E-state index in [1.54, 1.807) is 0 Å². The summed E-state index contributed by atoms with van der Waals surface area (Å²) in [6.07, 6.45) is 7.21. The van der Waals surface area contributed by atoms with Crippen LogP contribution in [0.25, 0.3) is 0 Å². The zero-order valence-corrected chi connectivity index (χ0v) is 7.53. The van der Waals surface area contributed by atoms with Crippen LogP contribution in [0.1, 0.15) is 32.6 Å². The Hall–Kier alpha value is -0.300. The smallest absolute Gasteiger partial charge is 0.000564 e. The monoisotopic (exact) mass is 153 g/mol. The highest BCUT2D eigenvalue weighted by atomic mass is 14.9. The number of allylic oxidation sites excluding steroid dienone is 1. The Morgan fingerprint density at radius 1 is 1.64 bits per heavy atom. The molecule has 1 heterocycles. The molecule has 0 aromatic rings. The third-order valence-corrected chi connectivity index (χ3v) is 2.65. The van der Waals surface area contributed by atoms with Gasteiger partial charge in [0.05, 0.1) is 0 Å². The second-order valence-corrected chi connectivity index (χ2v) is 3.92. The maximum absolute atomic E-state index is 3.73. The second kappa shape index (κ2) is 3.91. The second-order valence-electron chi connectivity index (χ2n) is 3.92. The van der Waals surface area contributed by atoms with Crippen molar-refractivity contribution in [3.05, 3.63) is 12.7 Å². The van der Waals surface area contributed by atoms with E-state index < -0.39 is 0 Å². The van der Waals surface area contributed by atoms with Crippen molar-refractivity contribution >= 4 is 0 Å². The maximum atomic E-state index is 3.73. The van der Waals surface area contributed by atoms with E-state index in [1.165, 1.54) is 38.8 Å². The summed E-state index contributed by atoms with van der Waals surface area (Å²) < 4.78 is 0. The molecule has 1 fully saturated rings. The highest BCUT2D eigenvalue weighted by Gasteiger charge is 2.27. The van der Waals surface area contributed by atoms with Crippen LogP contribution in [-0.2, 0) is 0 Å².